The molecule has 2 nitrogen and oxygen atoms in total. The minimum Gasteiger partial charge on any atom is -0.483 e. The van der Waals surface area contributed by atoms with Crippen molar-refractivity contribution in [1.82, 2.24) is 0 Å². The van der Waals surface area contributed by atoms with Crippen LogP contribution in [0, 0.1) is 6.92 Å². The van der Waals surface area contributed by atoms with Crippen LogP contribution in [0.1, 0.15) is 17.5 Å². The Kier molecular flexibility index (Phi) is 4.90. The summed E-state index contributed by atoms with van der Waals surface area (Å²) in [7, 11) is 0. The van der Waals surface area contributed by atoms with E-state index < -0.39 is 0 Å². The van der Waals surface area contributed by atoms with Gasteiger partial charge in [-0.25, -0.2) is 0 Å². The molecule has 0 aromatic heterocycles. The summed E-state index contributed by atoms with van der Waals surface area (Å²) >= 11 is 17.9. The molecule has 1 aliphatic rings. The van der Waals surface area contributed by atoms with E-state index in [1.54, 1.807) is 0 Å². The zero-order valence-corrected chi connectivity index (χ0v) is 14.9. The Bertz CT molecular complexity index is 802. The number of aryl methyl sites for hydroxylation is 1. The Hall–Kier alpha value is -1.55. The number of hydrogen-bond donors (Lipinski definition) is 1. The maximum atomic E-state index is 6.39. The highest BCUT2D eigenvalue weighted by Gasteiger charge is 2.16. The fourth-order valence-electron chi connectivity index (χ4n) is 2.41. The lowest BCUT2D eigenvalue weighted by Crippen LogP contribution is -1.97. The molecule has 2 aromatic rings. The SMILES string of the molecule is Cc1ccc(Cl)c(Nc2ccccc2C=C2CCOC2=S)c1Cl. The molecule has 0 atom stereocenters. The van der Waals surface area contributed by atoms with Crippen molar-refractivity contribution in [2.24, 2.45) is 0 Å². The highest BCUT2D eigenvalue weighted by atomic mass is 35.5. The summed E-state index contributed by atoms with van der Waals surface area (Å²) < 4.78 is 5.35. The Labute approximate surface area is 151 Å². The molecule has 0 saturated carbocycles. The average Bonchev–Trinajstić information content (AvgIpc) is 2.94. The standard InChI is InChI=1S/C18H15Cl2NOS/c1-11-6-7-14(19)17(16(11)20)21-15-5-3-2-4-12(15)10-13-8-9-22-18(13)23/h2-7,10,21H,8-9H2,1H3. The van der Waals surface area contributed by atoms with Gasteiger partial charge in [-0.1, -0.05) is 47.5 Å². The van der Waals surface area contributed by atoms with Crippen molar-refractivity contribution in [3.05, 3.63) is 63.1 Å². The number of nitrogens with one attached hydrogen (secondary N) is 1. The molecule has 0 unspecified atom stereocenters. The van der Waals surface area contributed by atoms with E-state index in [0.29, 0.717) is 27.4 Å². The lowest BCUT2D eigenvalue weighted by atomic mass is 10.1. The minimum absolute atomic E-state index is 0.575. The molecule has 1 saturated heterocycles. The van der Waals surface area contributed by atoms with Gasteiger partial charge in [0.15, 0.2) is 5.05 Å². The average molecular weight is 364 g/mol. The first-order chi connectivity index (χ1) is 11.1. The molecule has 1 heterocycles. The molecule has 5 heteroatoms. The fourth-order valence-corrected chi connectivity index (χ4v) is 3.12. The van der Waals surface area contributed by atoms with Crippen molar-refractivity contribution >= 4 is 57.9 Å². The van der Waals surface area contributed by atoms with Crippen LogP contribution in [0.2, 0.25) is 10.0 Å². The maximum Gasteiger partial charge on any atom is 0.187 e. The first-order valence-corrected chi connectivity index (χ1v) is 8.41. The van der Waals surface area contributed by atoms with Gasteiger partial charge >= 0.3 is 0 Å². The van der Waals surface area contributed by atoms with Crippen LogP contribution in [0.25, 0.3) is 6.08 Å². The molecule has 1 aliphatic heterocycles. The van der Waals surface area contributed by atoms with Gasteiger partial charge in [0.05, 0.1) is 22.3 Å². The Morgan fingerprint density at radius 1 is 1.17 bits per heavy atom. The third-order valence-corrected chi connectivity index (χ3v) is 4.88. The van der Waals surface area contributed by atoms with E-state index in [4.69, 9.17) is 40.2 Å². The van der Waals surface area contributed by atoms with Crippen LogP contribution in [0.3, 0.4) is 0 Å². The quantitative estimate of drug-likeness (QED) is 0.519. The van der Waals surface area contributed by atoms with Gasteiger partial charge in [0, 0.05) is 17.7 Å². The third kappa shape index (κ3) is 3.52. The van der Waals surface area contributed by atoms with Crippen LogP contribution >= 0.6 is 35.4 Å². The summed E-state index contributed by atoms with van der Waals surface area (Å²) in [6.45, 7) is 2.60. The lowest BCUT2D eigenvalue weighted by molar-refractivity contribution is 0.351. The molecule has 118 valence electrons. The summed E-state index contributed by atoms with van der Waals surface area (Å²) in [6, 6.07) is 11.7. The van der Waals surface area contributed by atoms with Gasteiger partial charge in [-0.15, -0.1) is 0 Å². The minimum atomic E-state index is 0.575. The number of benzene rings is 2. The van der Waals surface area contributed by atoms with Gasteiger partial charge in [0.1, 0.15) is 0 Å². The van der Waals surface area contributed by atoms with Gasteiger partial charge in [-0.05, 0) is 48.5 Å². The Morgan fingerprint density at radius 2 is 1.96 bits per heavy atom. The third-order valence-electron chi connectivity index (χ3n) is 3.70. The molecule has 0 spiro atoms. The number of ether oxygens (including phenoxy) is 1. The predicted molar refractivity (Wildman–Crippen MR) is 102 cm³/mol. The molecule has 1 fully saturated rings. The maximum absolute atomic E-state index is 6.39. The topological polar surface area (TPSA) is 21.3 Å². The molecular weight excluding hydrogens is 349 g/mol. The highest BCUT2D eigenvalue weighted by Crippen LogP contribution is 2.36. The number of rotatable bonds is 3. The molecule has 1 N–H and O–H groups in total. The van der Waals surface area contributed by atoms with E-state index in [0.717, 1.165) is 28.8 Å². The predicted octanol–water partition coefficient (Wildman–Crippen LogP) is 6.18. The van der Waals surface area contributed by atoms with Crippen LogP contribution in [0.15, 0.2) is 42.0 Å². The van der Waals surface area contributed by atoms with Crippen molar-refractivity contribution in [3.63, 3.8) is 0 Å². The molecule has 23 heavy (non-hydrogen) atoms. The van der Waals surface area contributed by atoms with Gasteiger partial charge in [0.2, 0.25) is 0 Å². The normalized spacial score (nSPS) is 15.8. The van der Waals surface area contributed by atoms with Crippen molar-refractivity contribution in [2.45, 2.75) is 13.3 Å². The van der Waals surface area contributed by atoms with E-state index in [2.05, 4.69) is 11.4 Å². The van der Waals surface area contributed by atoms with Crippen LogP contribution in [-0.4, -0.2) is 11.7 Å². The second-order valence-electron chi connectivity index (χ2n) is 5.32. The summed E-state index contributed by atoms with van der Waals surface area (Å²) in [5.41, 5.74) is 4.66. The summed E-state index contributed by atoms with van der Waals surface area (Å²) in [5, 5.41) is 5.13. The van der Waals surface area contributed by atoms with Crippen LogP contribution in [0.5, 0.6) is 0 Å². The Balaban J connectivity index is 1.99. The lowest BCUT2D eigenvalue weighted by Gasteiger charge is -2.14. The smallest absolute Gasteiger partial charge is 0.187 e. The van der Waals surface area contributed by atoms with Crippen molar-refractivity contribution < 1.29 is 4.74 Å². The van der Waals surface area contributed by atoms with Crippen LogP contribution in [-0.2, 0) is 4.74 Å². The first-order valence-electron chi connectivity index (χ1n) is 7.24. The second kappa shape index (κ2) is 6.91. The molecular formula is C18H15Cl2NOS. The molecule has 2 aromatic carbocycles. The highest BCUT2D eigenvalue weighted by molar-refractivity contribution is 7.80. The number of thiocarbonyl (C=S) groups is 1. The summed E-state index contributed by atoms with van der Waals surface area (Å²) in [6.07, 6.45) is 2.88. The Morgan fingerprint density at radius 3 is 2.70 bits per heavy atom. The van der Waals surface area contributed by atoms with E-state index in [1.807, 2.05) is 43.3 Å². The monoisotopic (exact) mass is 363 g/mol. The van der Waals surface area contributed by atoms with Gasteiger partial charge in [-0.3, -0.25) is 0 Å². The largest absolute Gasteiger partial charge is 0.483 e. The first kappa shape index (κ1) is 16.3. The van der Waals surface area contributed by atoms with Crippen molar-refractivity contribution in [2.75, 3.05) is 11.9 Å². The fraction of sp³-hybridized carbons (Fsp3) is 0.167. The second-order valence-corrected chi connectivity index (χ2v) is 6.48. The molecule has 3 rings (SSSR count). The number of hydrogen-bond acceptors (Lipinski definition) is 3. The van der Waals surface area contributed by atoms with Gasteiger partial charge in [0.25, 0.3) is 0 Å². The zero-order chi connectivity index (χ0) is 16.4. The van der Waals surface area contributed by atoms with Crippen molar-refractivity contribution in [1.29, 1.82) is 0 Å². The summed E-state index contributed by atoms with van der Waals surface area (Å²) in [4.78, 5) is 0. The zero-order valence-electron chi connectivity index (χ0n) is 12.5. The van der Waals surface area contributed by atoms with Gasteiger partial charge < -0.3 is 10.1 Å². The number of anilines is 2. The van der Waals surface area contributed by atoms with Gasteiger partial charge in [-0.2, -0.15) is 0 Å². The van der Waals surface area contributed by atoms with Crippen LogP contribution < -0.4 is 5.32 Å². The van der Waals surface area contributed by atoms with Crippen molar-refractivity contribution in [3.8, 4) is 0 Å². The number of para-hydroxylation sites is 1. The molecule has 0 aliphatic carbocycles. The van der Waals surface area contributed by atoms with E-state index in [-0.39, 0.29) is 0 Å². The van der Waals surface area contributed by atoms with E-state index >= 15 is 0 Å². The number of halogens is 2. The van der Waals surface area contributed by atoms with E-state index in [1.165, 1.54) is 0 Å². The molecule has 0 bridgehead atoms. The molecule has 0 amide bonds. The van der Waals surface area contributed by atoms with Crippen LogP contribution in [0.4, 0.5) is 11.4 Å². The molecule has 0 radical (unpaired) electrons. The summed E-state index contributed by atoms with van der Waals surface area (Å²) in [5.74, 6) is 0. The van der Waals surface area contributed by atoms with E-state index in [9.17, 15) is 0 Å².